The van der Waals surface area contributed by atoms with E-state index >= 15 is 0 Å². The minimum absolute atomic E-state index is 0.00484. The standard InChI is InChI=1S/C16H26N2O/c1-5-6-7-14-8-10-15(11-9-14)18(4)16(19)13(2)12-17-3/h8-11,13,17H,5-7,12H2,1-4H3. The second-order valence-electron chi connectivity index (χ2n) is 5.13. The molecule has 0 fully saturated rings. The SMILES string of the molecule is CCCCc1ccc(N(C)C(=O)C(C)CNC)cc1. The van der Waals surface area contributed by atoms with Crippen LogP contribution in [0.5, 0.6) is 0 Å². The summed E-state index contributed by atoms with van der Waals surface area (Å²) in [6.45, 7) is 4.85. The average Bonchev–Trinajstić information content (AvgIpc) is 2.44. The van der Waals surface area contributed by atoms with Gasteiger partial charge in [-0.25, -0.2) is 0 Å². The fraction of sp³-hybridized carbons (Fsp3) is 0.562. The lowest BCUT2D eigenvalue weighted by Gasteiger charge is -2.21. The monoisotopic (exact) mass is 262 g/mol. The van der Waals surface area contributed by atoms with Gasteiger partial charge < -0.3 is 10.2 Å². The van der Waals surface area contributed by atoms with Crippen LogP contribution in [0.15, 0.2) is 24.3 Å². The van der Waals surface area contributed by atoms with Gasteiger partial charge in [-0.2, -0.15) is 0 Å². The first-order chi connectivity index (χ1) is 9.10. The zero-order valence-electron chi connectivity index (χ0n) is 12.6. The summed E-state index contributed by atoms with van der Waals surface area (Å²) in [6.07, 6.45) is 3.54. The fourth-order valence-corrected chi connectivity index (χ4v) is 2.12. The molecule has 1 unspecified atom stereocenters. The Hall–Kier alpha value is -1.35. The van der Waals surface area contributed by atoms with E-state index < -0.39 is 0 Å². The molecular formula is C16H26N2O. The van der Waals surface area contributed by atoms with Crippen molar-refractivity contribution in [3.05, 3.63) is 29.8 Å². The summed E-state index contributed by atoms with van der Waals surface area (Å²) in [5.74, 6) is 0.144. The molecule has 3 nitrogen and oxygen atoms in total. The van der Waals surface area contributed by atoms with E-state index in [-0.39, 0.29) is 11.8 Å². The van der Waals surface area contributed by atoms with Crippen molar-refractivity contribution in [3.8, 4) is 0 Å². The molecule has 1 amide bonds. The third-order valence-corrected chi connectivity index (χ3v) is 3.41. The van der Waals surface area contributed by atoms with Crippen molar-refractivity contribution in [1.82, 2.24) is 5.32 Å². The largest absolute Gasteiger partial charge is 0.319 e. The molecule has 1 rings (SSSR count). The van der Waals surface area contributed by atoms with Crippen molar-refractivity contribution >= 4 is 11.6 Å². The summed E-state index contributed by atoms with van der Waals surface area (Å²) < 4.78 is 0. The second kappa shape index (κ2) is 7.95. The number of unbranched alkanes of at least 4 members (excludes halogenated alkanes) is 1. The predicted molar refractivity (Wildman–Crippen MR) is 81.6 cm³/mol. The van der Waals surface area contributed by atoms with Crippen LogP contribution in [0.25, 0.3) is 0 Å². The van der Waals surface area contributed by atoms with E-state index in [2.05, 4.69) is 24.4 Å². The van der Waals surface area contributed by atoms with E-state index in [9.17, 15) is 4.79 Å². The zero-order chi connectivity index (χ0) is 14.3. The molecule has 0 saturated heterocycles. The first-order valence-electron chi connectivity index (χ1n) is 7.11. The molecule has 19 heavy (non-hydrogen) atoms. The average molecular weight is 262 g/mol. The summed E-state index contributed by atoms with van der Waals surface area (Å²) in [6, 6.07) is 8.32. The molecule has 0 radical (unpaired) electrons. The number of hydrogen-bond donors (Lipinski definition) is 1. The Morgan fingerprint density at radius 1 is 1.32 bits per heavy atom. The first kappa shape index (κ1) is 15.7. The van der Waals surface area contributed by atoms with Crippen LogP contribution in [0.4, 0.5) is 5.69 Å². The first-order valence-corrected chi connectivity index (χ1v) is 7.11. The topological polar surface area (TPSA) is 32.3 Å². The number of aryl methyl sites for hydroxylation is 1. The van der Waals surface area contributed by atoms with Gasteiger partial charge in [0.25, 0.3) is 0 Å². The van der Waals surface area contributed by atoms with Gasteiger partial charge in [0.2, 0.25) is 5.91 Å². The smallest absolute Gasteiger partial charge is 0.230 e. The van der Waals surface area contributed by atoms with Crippen LogP contribution in [0, 0.1) is 5.92 Å². The van der Waals surface area contributed by atoms with E-state index in [4.69, 9.17) is 0 Å². The molecule has 0 aliphatic heterocycles. The summed E-state index contributed by atoms with van der Waals surface area (Å²) in [5.41, 5.74) is 2.31. The number of benzene rings is 1. The highest BCUT2D eigenvalue weighted by molar-refractivity contribution is 5.94. The van der Waals surface area contributed by atoms with Gasteiger partial charge >= 0.3 is 0 Å². The molecule has 3 heteroatoms. The minimum Gasteiger partial charge on any atom is -0.319 e. The van der Waals surface area contributed by atoms with Crippen LogP contribution in [0.1, 0.15) is 32.3 Å². The highest BCUT2D eigenvalue weighted by Gasteiger charge is 2.17. The Labute approximate surface area is 117 Å². The minimum atomic E-state index is -0.00484. The van der Waals surface area contributed by atoms with Crippen molar-refractivity contribution in [3.63, 3.8) is 0 Å². The molecule has 106 valence electrons. The molecule has 0 aromatic heterocycles. The van der Waals surface area contributed by atoms with Crippen molar-refractivity contribution in [2.45, 2.75) is 33.1 Å². The predicted octanol–water partition coefficient (Wildman–Crippen LogP) is 2.85. The number of carbonyl (C=O) groups is 1. The van der Waals surface area contributed by atoms with Gasteiger partial charge in [0.1, 0.15) is 0 Å². The van der Waals surface area contributed by atoms with Gasteiger partial charge in [-0.1, -0.05) is 32.4 Å². The van der Waals surface area contributed by atoms with Crippen LogP contribution in [-0.4, -0.2) is 26.5 Å². The summed E-state index contributed by atoms with van der Waals surface area (Å²) >= 11 is 0. The van der Waals surface area contributed by atoms with E-state index in [1.807, 2.05) is 33.2 Å². The maximum Gasteiger partial charge on any atom is 0.230 e. The van der Waals surface area contributed by atoms with Gasteiger partial charge in [0.15, 0.2) is 0 Å². The van der Waals surface area contributed by atoms with Gasteiger partial charge in [-0.05, 0) is 37.6 Å². The van der Waals surface area contributed by atoms with Crippen molar-refractivity contribution in [2.24, 2.45) is 5.92 Å². The number of anilines is 1. The van der Waals surface area contributed by atoms with Gasteiger partial charge in [0, 0.05) is 25.2 Å². The van der Waals surface area contributed by atoms with E-state index in [1.54, 1.807) is 4.90 Å². The Balaban J connectivity index is 2.66. The maximum absolute atomic E-state index is 12.2. The quantitative estimate of drug-likeness (QED) is 0.819. The Morgan fingerprint density at radius 3 is 2.47 bits per heavy atom. The highest BCUT2D eigenvalue weighted by Crippen LogP contribution is 2.17. The summed E-state index contributed by atoms with van der Waals surface area (Å²) in [5, 5.41) is 3.04. The van der Waals surface area contributed by atoms with E-state index in [1.165, 1.54) is 18.4 Å². The van der Waals surface area contributed by atoms with Crippen molar-refractivity contribution < 1.29 is 4.79 Å². The number of nitrogens with one attached hydrogen (secondary N) is 1. The summed E-state index contributed by atoms with van der Waals surface area (Å²) in [4.78, 5) is 13.9. The molecule has 0 aliphatic rings. The molecule has 0 bridgehead atoms. The van der Waals surface area contributed by atoms with Gasteiger partial charge in [0.05, 0.1) is 0 Å². The Kier molecular flexibility index (Phi) is 6.57. The molecule has 0 saturated carbocycles. The maximum atomic E-state index is 12.2. The van der Waals surface area contributed by atoms with E-state index in [0.29, 0.717) is 6.54 Å². The Morgan fingerprint density at radius 2 is 1.95 bits per heavy atom. The number of carbonyl (C=O) groups excluding carboxylic acids is 1. The molecule has 0 heterocycles. The van der Waals surface area contributed by atoms with Crippen LogP contribution >= 0.6 is 0 Å². The lowest BCUT2D eigenvalue weighted by Crippen LogP contribution is -2.35. The number of amides is 1. The lowest BCUT2D eigenvalue weighted by molar-refractivity contribution is -0.121. The fourth-order valence-electron chi connectivity index (χ4n) is 2.12. The third kappa shape index (κ3) is 4.67. The molecular weight excluding hydrogens is 236 g/mol. The van der Waals surface area contributed by atoms with Crippen LogP contribution in [-0.2, 0) is 11.2 Å². The molecule has 1 aromatic rings. The lowest BCUT2D eigenvalue weighted by atomic mass is 10.1. The van der Waals surface area contributed by atoms with Crippen molar-refractivity contribution in [1.29, 1.82) is 0 Å². The second-order valence-corrected chi connectivity index (χ2v) is 5.13. The number of nitrogens with zero attached hydrogens (tertiary/aromatic N) is 1. The molecule has 1 atom stereocenters. The molecule has 1 aromatic carbocycles. The number of hydrogen-bond acceptors (Lipinski definition) is 2. The third-order valence-electron chi connectivity index (χ3n) is 3.41. The highest BCUT2D eigenvalue weighted by atomic mass is 16.2. The summed E-state index contributed by atoms with van der Waals surface area (Å²) in [7, 11) is 3.71. The van der Waals surface area contributed by atoms with Crippen LogP contribution in [0.2, 0.25) is 0 Å². The van der Waals surface area contributed by atoms with Crippen LogP contribution < -0.4 is 10.2 Å². The number of rotatable bonds is 7. The molecule has 1 N–H and O–H groups in total. The Bertz CT molecular complexity index is 386. The molecule has 0 aliphatic carbocycles. The molecule has 0 spiro atoms. The van der Waals surface area contributed by atoms with Gasteiger partial charge in [-0.3, -0.25) is 4.79 Å². The van der Waals surface area contributed by atoms with Crippen LogP contribution in [0.3, 0.4) is 0 Å². The normalized spacial score (nSPS) is 12.2. The van der Waals surface area contributed by atoms with Crippen molar-refractivity contribution in [2.75, 3.05) is 25.5 Å². The zero-order valence-corrected chi connectivity index (χ0v) is 12.6. The van der Waals surface area contributed by atoms with E-state index in [0.717, 1.165) is 12.1 Å². The van der Waals surface area contributed by atoms with Gasteiger partial charge in [-0.15, -0.1) is 0 Å².